The molecule has 7 aromatic rings. The van der Waals surface area contributed by atoms with Crippen LogP contribution in [0.3, 0.4) is 0 Å². The molecule has 0 spiro atoms. The minimum absolute atomic E-state index is 0.0514. The van der Waals surface area contributed by atoms with Gasteiger partial charge in [0, 0.05) is 27.2 Å². The van der Waals surface area contributed by atoms with Gasteiger partial charge in [-0.15, -0.1) is 0 Å². The van der Waals surface area contributed by atoms with Crippen LogP contribution in [-0.4, -0.2) is 24.5 Å². The molecule has 0 aliphatic heterocycles. The van der Waals surface area contributed by atoms with Gasteiger partial charge in [-0.25, -0.2) is 4.98 Å². The van der Waals surface area contributed by atoms with E-state index in [1.807, 2.05) is 12.1 Å². The van der Waals surface area contributed by atoms with E-state index in [1.54, 1.807) is 10.9 Å². The minimum Gasteiger partial charge on any atom is -0.369 e. The van der Waals surface area contributed by atoms with Gasteiger partial charge in [0.1, 0.15) is 6.33 Å². The maximum atomic E-state index is 12.7. The molecule has 0 fully saturated rings. The Morgan fingerprint density at radius 3 is 2.44 bits per heavy atom. The predicted octanol–water partition coefficient (Wildman–Crippen LogP) is 4.63. The fourth-order valence-electron chi connectivity index (χ4n) is 4.85. The van der Waals surface area contributed by atoms with Gasteiger partial charge in [0.25, 0.3) is 5.56 Å². The molecular weight excluding hydrogens is 400 g/mol. The van der Waals surface area contributed by atoms with Crippen molar-refractivity contribution in [2.75, 3.05) is 5.73 Å². The Morgan fingerprint density at radius 2 is 1.56 bits per heavy atom. The van der Waals surface area contributed by atoms with E-state index in [-0.39, 0.29) is 11.5 Å². The standard InChI is InChI=1S/C25H16N6O/c26-25-29-23-22(24(32)30-25)31(12-27-23)19-11-18-21(16-8-4-3-7-15(16)19)20-14-6-2-1-5-13(14)9-10-17(20)28-18/h1-12,28H,(H3,26,29,30,32). The summed E-state index contributed by atoms with van der Waals surface area (Å²) in [5.74, 6) is 0.0514. The largest absolute Gasteiger partial charge is 0.369 e. The lowest BCUT2D eigenvalue weighted by molar-refractivity contribution is 1.09. The molecule has 0 amide bonds. The molecule has 4 aromatic carbocycles. The average molecular weight is 416 g/mol. The number of nitrogens with one attached hydrogen (secondary N) is 2. The van der Waals surface area contributed by atoms with Crippen LogP contribution in [0.25, 0.3) is 60.2 Å². The van der Waals surface area contributed by atoms with Gasteiger partial charge in [0.2, 0.25) is 5.95 Å². The second-order valence-electron chi connectivity index (χ2n) is 7.94. The molecule has 0 unspecified atom stereocenters. The third-order valence-corrected chi connectivity index (χ3v) is 6.16. The van der Waals surface area contributed by atoms with Crippen LogP contribution in [0.5, 0.6) is 0 Å². The number of benzene rings is 4. The maximum Gasteiger partial charge on any atom is 0.278 e. The Balaban J connectivity index is 1.69. The maximum absolute atomic E-state index is 12.7. The van der Waals surface area contributed by atoms with Gasteiger partial charge >= 0.3 is 0 Å². The molecule has 7 heteroatoms. The Labute approximate surface area is 180 Å². The minimum atomic E-state index is -0.322. The van der Waals surface area contributed by atoms with Gasteiger partial charge in [-0.2, -0.15) is 4.98 Å². The first-order valence-corrected chi connectivity index (χ1v) is 10.3. The Morgan fingerprint density at radius 1 is 0.812 bits per heavy atom. The number of hydrogen-bond acceptors (Lipinski definition) is 4. The van der Waals surface area contributed by atoms with E-state index in [0.29, 0.717) is 11.2 Å². The van der Waals surface area contributed by atoms with E-state index < -0.39 is 0 Å². The zero-order valence-electron chi connectivity index (χ0n) is 16.8. The molecule has 7 rings (SSSR count). The normalized spacial score (nSPS) is 12.0. The van der Waals surface area contributed by atoms with Crippen molar-refractivity contribution in [3.05, 3.63) is 83.4 Å². The van der Waals surface area contributed by atoms with Crippen molar-refractivity contribution in [1.29, 1.82) is 0 Å². The molecule has 7 nitrogen and oxygen atoms in total. The second kappa shape index (κ2) is 5.95. The van der Waals surface area contributed by atoms with E-state index >= 15 is 0 Å². The van der Waals surface area contributed by atoms with Gasteiger partial charge < -0.3 is 10.7 Å². The Hall–Kier alpha value is -4.65. The quantitative estimate of drug-likeness (QED) is 0.363. The molecule has 0 aliphatic carbocycles. The summed E-state index contributed by atoms with van der Waals surface area (Å²) in [4.78, 5) is 27.4. The van der Waals surface area contributed by atoms with Crippen LogP contribution in [-0.2, 0) is 0 Å². The number of nitrogens with two attached hydrogens (primary N) is 1. The lowest BCUT2D eigenvalue weighted by Crippen LogP contribution is -2.13. The highest BCUT2D eigenvalue weighted by Gasteiger charge is 2.17. The highest BCUT2D eigenvalue weighted by atomic mass is 16.1. The van der Waals surface area contributed by atoms with Crippen molar-refractivity contribution in [3.8, 4) is 5.69 Å². The number of aromatic amines is 2. The summed E-state index contributed by atoms with van der Waals surface area (Å²) in [5, 5.41) is 6.89. The Bertz CT molecular complexity index is 1920. The molecule has 0 radical (unpaired) electrons. The molecule has 32 heavy (non-hydrogen) atoms. The fraction of sp³-hybridized carbons (Fsp3) is 0. The third-order valence-electron chi connectivity index (χ3n) is 6.16. The van der Waals surface area contributed by atoms with Crippen molar-refractivity contribution in [3.63, 3.8) is 0 Å². The number of rotatable bonds is 1. The molecule has 0 atom stereocenters. The van der Waals surface area contributed by atoms with Crippen molar-refractivity contribution < 1.29 is 0 Å². The summed E-state index contributed by atoms with van der Waals surface area (Å²) < 4.78 is 1.78. The highest BCUT2D eigenvalue weighted by Crippen LogP contribution is 2.39. The topological polar surface area (TPSA) is 105 Å². The number of aromatic nitrogens is 5. The number of nitrogens with zero attached hydrogens (tertiary/aromatic N) is 3. The highest BCUT2D eigenvalue weighted by molar-refractivity contribution is 6.28. The molecule has 0 aliphatic rings. The zero-order chi connectivity index (χ0) is 21.4. The predicted molar refractivity (Wildman–Crippen MR) is 128 cm³/mol. The van der Waals surface area contributed by atoms with Crippen LogP contribution in [0.4, 0.5) is 5.95 Å². The first-order valence-electron chi connectivity index (χ1n) is 10.3. The van der Waals surface area contributed by atoms with Crippen molar-refractivity contribution in [2.45, 2.75) is 0 Å². The molecule has 0 saturated carbocycles. The first-order chi connectivity index (χ1) is 15.7. The van der Waals surface area contributed by atoms with Crippen LogP contribution in [0.1, 0.15) is 0 Å². The first kappa shape index (κ1) is 17.1. The van der Waals surface area contributed by atoms with Crippen molar-refractivity contribution in [1.82, 2.24) is 24.5 Å². The SMILES string of the molecule is Nc1nc2ncn(-c3cc4[nH]c5ccc6ccccc6c5c4c4ccccc34)c2c(=O)[nH]1. The van der Waals surface area contributed by atoms with Crippen LogP contribution < -0.4 is 11.3 Å². The van der Waals surface area contributed by atoms with Gasteiger partial charge in [0.05, 0.1) is 5.69 Å². The van der Waals surface area contributed by atoms with Crippen LogP contribution in [0.2, 0.25) is 0 Å². The van der Waals surface area contributed by atoms with Crippen molar-refractivity contribution >= 4 is 60.5 Å². The molecule has 0 bridgehead atoms. The van der Waals surface area contributed by atoms with Crippen LogP contribution in [0, 0.1) is 0 Å². The lowest BCUT2D eigenvalue weighted by Gasteiger charge is -2.10. The van der Waals surface area contributed by atoms with E-state index in [1.165, 1.54) is 16.2 Å². The number of hydrogen-bond donors (Lipinski definition) is 3. The molecule has 3 aromatic heterocycles. The Kier molecular flexibility index (Phi) is 3.17. The number of fused-ring (bicyclic) bond motifs is 8. The average Bonchev–Trinajstić information content (AvgIpc) is 3.40. The van der Waals surface area contributed by atoms with Crippen LogP contribution in [0.15, 0.2) is 77.9 Å². The van der Waals surface area contributed by atoms with E-state index in [9.17, 15) is 4.79 Å². The van der Waals surface area contributed by atoms with Gasteiger partial charge in [-0.3, -0.25) is 14.3 Å². The summed E-state index contributed by atoms with van der Waals surface area (Å²) in [7, 11) is 0. The van der Waals surface area contributed by atoms with E-state index in [4.69, 9.17) is 5.73 Å². The van der Waals surface area contributed by atoms with Gasteiger partial charge in [-0.05, 0) is 28.3 Å². The summed E-state index contributed by atoms with van der Waals surface area (Å²) >= 11 is 0. The third kappa shape index (κ3) is 2.16. The van der Waals surface area contributed by atoms with Crippen molar-refractivity contribution in [2.24, 2.45) is 0 Å². The number of anilines is 1. The summed E-state index contributed by atoms with van der Waals surface area (Å²) in [6.45, 7) is 0. The van der Waals surface area contributed by atoms with E-state index in [0.717, 1.165) is 32.9 Å². The number of imidazole rings is 1. The summed E-state index contributed by atoms with van der Waals surface area (Å²) in [5.41, 5.74) is 8.98. The summed E-state index contributed by atoms with van der Waals surface area (Å²) in [6.07, 6.45) is 1.62. The molecule has 0 saturated heterocycles. The van der Waals surface area contributed by atoms with Gasteiger partial charge in [-0.1, -0.05) is 54.6 Å². The molecule has 152 valence electrons. The van der Waals surface area contributed by atoms with E-state index in [2.05, 4.69) is 74.5 Å². The monoisotopic (exact) mass is 416 g/mol. The number of nitrogen functional groups attached to an aromatic ring is 1. The smallest absolute Gasteiger partial charge is 0.278 e. The number of H-pyrrole nitrogens is 2. The second-order valence-corrected chi connectivity index (χ2v) is 7.94. The summed E-state index contributed by atoms with van der Waals surface area (Å²) in [6, 6.07) is 23.0. The molecular formula is C25H16N6O. The van der Waals surface area contributed by atoms with Crippen LogP contribution >= 0.6 is 0 Å². The zero-order valence-corrected chi connectivity index (χ0v) is 16.8. The molecule has 3 heterocycles. The van der Waals surface area contributed by atoms with Gasteiger partial charge in [0.15, 0.2) is 11.2 Å². The fourth-order valence-corrected chi connectivity index (χ4v) is 4.85. The lowest BCUT2D eigenvalue weighted by atomic mass is 9.98. The molecule has 4 N–H and O–H groups in total.